The van der Waals surface area contributed by atoms with Gasteiger partial charge in [-0.2, -0.15) is 0 Å². The van der Waals surface area contributed by atoms with Crippen LogP contribution in [-0.2, 0) is 5.41 Å². The predicted molar refractivity (Wildman–Crippen MR) is 204 cm³/mol. The van der Waals surface area contributed by atoms with Gasteiger partial charge in [-0.05, 0) is 59.2 Å². The first-order chi connectivity index (χ1) is 25.7. The highest BCUT2D eigenvalue weighted by Gasteiger charge is 2.46. The summed E-state index contributed by atoms with van der Waals surface area (Å²) in [6.45, 7) is 0. The molecule has 0 radical (unpaired) electrons. The molecular weight excluding hydrogens is 643 g/mol. The third-order valence-corrected chi connectivity index (χ3v) is 10.8. The van der Waals surface area contributed by atoms with Crippen molar-refractivity contribution < 1.29 is 13.3 Å². The normalized spacial score (nSPS) is 15.4. The lowest BCUT2D eigenvalue weighted by Crippen LogP contribution is -2.34. The van der Waals surface area contributed by atoms with E-state index in [-0.39, 0.29) is 0 Å². The van der Waals surface area contributed by atoms with E-state index in [1.807, 2.05) is 78.9 Å². The number of hydrogen-bond acceptors (Lipinski definition) is 6. The number of rotatable bonds is 3. The van der Waals surface area contributed by atoms with Crippen molar-refractivity contribution in [2.45, 2.75) is 5.41 Å². The Morgan fingerprint density at radius 2 is 0.981 bits per heavy atom. The molecule has 5 heterocycles. The maximum Gasteiger partial charge on any atom is 0.164 e. The summed E-state index contributed by atoms with van der Waals surface area (Å²) in [5.74, 6) is 1.80. The van der Waals surface area contributed by atoms with E-state index in [4.69, 9.17) is 28.2 Å². The van der Waals surface area contributed by atoms with Crippen LogP contribution < -0.4 is 0 Å². The van der Waals surface area contributed by atoms with Crippen LogP contribution in [0.1, 0.15) is 22.5 Å². The van der Waals surface area contributed by atoms with Crippen LogP contribution in [0.25, 0.3) is 88.6 Å². The lowest BCUT2D eigenvalue weighted by molar-refractivity contribution is 0.654. The Bertz CT molecular complexity index is 3260. The van der Waals surface area contributed by atoms with E-state index >= 15 is 0 Å². The number of para-hydroxylation sites is 2. The molecule has 0 amide bonds. The van der Waals surface area contributed by atoms with Gasteiger partial charge < -0.3 is 13.3 Å². The van der Waals surface area contributed by atoms with Gasteiger partial charge in [0.2, 0.25) is 0 Å². The Hall–Kier alpha value is -7.05. The first kappa shape index (κ1) is 27.7. The van der Waals surface area contributed by atoms with Crippen molar-refractivity contribution in [3.63, 3.8) is 0 Å². The molecule has 0 spiro atoms. The molecular formula is C46H25N3O3. The van der Waals surface area contributed by atoms with Gasteiger partial charge in [0.25, 0.3) is 0 Å². The maximum atomic E-state index is 6.64. The summed E-state index contributed by atoms with van der Waals surface area (Å²) in [7, 11) is 0. The Labute approximate surface area is 295 Å². The highest BCUT2D eigenvalue weighted by atomic mass is 16.3. The first-order valence-electron chi connectivity index (χ1n) is 17.3. The molecule has 6 nitrogen and oxygen atoms in total. The van der Waals surface area contributed by atoms with Crippen molar-refractivity contribution in [3.05, 3.63) is 174 Å². The standard InChI is InChI=1S/C46H25N3O3/c1-2-10-26(11-3-1)43-47-44-32-14-8-18-38-41(32)42-34(15-9-19-39(42)52-38)46(45(48-43)49-44,27-21-23-37-33(24-27)30-13-5-7-17-36(30)50-37)28-20-22-31-29-12-4-6-16-35(29)51-40(31)25-28/h1-25H. The second-order valence-electron chi connectivity index (χ2n) is 13.5. The van der Waals surface area contributed by atoms with Crippen LogP contribution in [0.3, 0.4) is 0 Å². The Morgan fingerprint density at radius 1 is 0.385 bits per heavy atom. The van der Waals surface area contributed by atoms with Gasteiger partial charge in [-0.15, -0.1) is 0 Å². The topological polar surface area (TPSA) is 78.1 Å². The Morgan fingerprint density at radius 3 is 1.83 bits per heavy atom. The largest absolute Gasteiger partial charge is 0.456 e. The highest BCUT2D eigenvalue weighted by molar-refractivity contribution is 6.15. The van der Waals surface area contributed by atoms with E-state index in [1.165, 1.54) is 0 Å². The average molecular weight is 668 g/mol. The number of hydrogen-bond donors (Lipinski definition) is 0. The molecule has 11 aromatic rings. The second-order valence-corrected chi connectivity index (χ2v) is 13.5. The molecule has 0 aliphatic carbocycles. The van der Waals surface area contributed by atoms with Crippen molar-refractivity contribution in [1.82, 2.24) is 15.0 Å². The number of furan rings is 3. The number of aromatic nitrogens is 3. The van der Waals surface area contributed by atoms with Crippen LogP contribution >= 0.6 is 0 Å². The fraction of sp³-hybridized carbons (Fsp3) is 0.0217. The Kier molecular flexibility index (Phi) is 5.34. The zero-order valence-electron chi connectivity index (χ0n) is 27.5. The number of benzene rings is 7. The summed E-state index contributed by atoms with van der Waals surface area (Å²) in [6, 6.07) is 51.9. The molecule has 2 bridgehead atoms. The zero-order chi connectivity index (χ0) is 34.0. The molecule has 1 aliphatic rings. The van der Waals surface area contributed by atoms with Crippen molar-refractivity contribution in [3.8, 4) is 22.8 Å². The predicted octanol–water partition coefficient (Wildman–Crippen LogP) is 11.6. The van der Waals surface area contributed by atoms with E-state index in [9.17, 15) is 0 Å². The molecule has 242 valence electrons. The van der Waals surface area contributed by atoms with E-state index in [0.29, 0.717) is 17.5 Å². The summed E-state index contributed by atoms with van der Waals surface area (Å²) in [5, 5.41) is 6.17. The monoisotopic (exact) mass is 667 g/mol. The van der Waals surface area contributed by atoms with E-state index in [1.54, 1.807) is 0 Å². The highest BCUT2D eigenvalue weighted by Crippen LogP contribution is 2.52. The third kappa shape index (κ3) is 3.60. The molecule has 6 heteroatoms. The average Bonchev–Trinajstić information content (AvgIpc) is 3.89. The van der Waals surface area contributed by atoms with E-state index in [0.717, 1.165) is 93.6 Å². The van der Waals surface area contributed by atoms with Gasteiger partial charge in [-0.3, -0.25) is 0 Å². The smallest absolute Gasteiger partial charge is 0.164 e. The number of nitrogens with zero attached hydrogens (tertiary/aromatic N) is 3. The van der Waals surface area contributed by atoms with Gasteiger partial charge >= 0.3 is 0 Å². The van der Waals surface area contributed by atoms with E-state index < -0.39 is 5.41 Å². The first-order valence-corrected chi connectivity index (χ1v) is 17.3. The van der Waals surface area contributed by atoms with Crippen LogP contribution in [0.5, 0.6) is 0 Å². The van der Waals surface area contributed by atoms with Gasteiger partial charge in [0.15, 0.2) is 17.5 Å². The minimum Gasteiger partial charge on any atom is -0.456 e. The van der Waals surface area contributed by atoms with Gasteiger partial charge in [-0.1, -0.05) is 109 Å². The van der Waals surface area contributed by atoms with Crippen molar-refractivity contribution in [2.24, 2.45) is 0 Å². The van der Waals surface area contributed by atoms with Crippen LogP contribution in [0.2, 0.25) is 0 Å². The molecule has 1 atom stereocenters. The van der Waals surface area contributed by atoms with Crippen molar-refractivity contribution >= 4 is 65.8 Å². The molecule has 4 aromatic heterocycles. The van der Waals surface area contributed by atoms with Crippen molar-refractivity contribution in [2.75, 3.05) is 0 Å². The molecule has 52 heavy (non-hydrogen) atoms. The second kappa shape index (κ2) is 10.0. The lowest BCUT2D eigenvalue weighted by atomic mass is 9.66. The van der Waals surface area contributed by atoms with Crippen LogP contribution in [-0.4, -0.2) is 15.0 Å². The van der Waals surface area contributed by atoms with E-state index in [2.05, 4.69) is 72.8 Å². The quantitative estimate of drug-likeness (QED) is 0.187. The molecule has 0 N–H and O–H groups in total. The molecule has 1 aliphatic heterocycles. The number of fused-ring (bicyclic) bond motifs is 9. The summed E-state index contributed by atoms with van der Waals surface area (Å²) in [5.41, 5.74) is 8.57. The van der Waals surface area contributed by atoms with Crippen LogP contribution in [0, 0.1) is 0 Å². The minimum atomic E-state index is -1.05. The molecule has 7 aromatic carbocycles. The summed E-state index contributed by atoms with van der Waals surface area (Å²) in [4.78, 5) is 16.0. The lowest BCUT2D eigenvalue weighted by Gasteiger charge is -2.36. The van der Waals surface area contributed by atoms with Gasteiger partial charge in [0.1, 0.15) is 38.9 Å². The van der Waals surface area contributed by atoms with Gasteiger partial charge in [0.05, 0.1) is 0 Å². The van der Waals surface area contributed by atoms with Gasteiger partial charge in [-0.25, -0.2) is 15.0 Å². The Balaban J connectivity index is 1.31. The maximum absolute atomic E-state index is 6.64. The third-order valence-electron chi connectivity index (χ3n) is 10.8. The fourth-order valence-corrected chi connectivity index (χ4v) is 8.52. The molecule has 0 fully saturated rings. The zero-order valence-corrected chi connectivity index (χ0v) is 27.5. The SMILES string of the molecule is c1ccc(-c2nc3nc(n2)C(c2ccc4c(c2)oc2ccccc24)(c2ccc4oc5ccccc5c4c2)c2cccc4oc5cccc-3c5c24)cc1. The van der Waals surface area contributed by atoms with Crippen LogP contribution in [0.4, 0.5) is 0 Å². The minimum absolute atomic E-state index is 0.593. The molecule has 0 saturated heterocycles. The summed E-state index contributed by atoms with van der Waals surface area (Å²) >= 11 is 0. The van der Waals surface area contributed by atoms with Gasteiger partial charge in [0, 0.05) is 43.4 Å². The molecule has 0 saturated carbocycles. The summed E-state index contributed by atoms with van der Waals surface area (Å²) in [6.07, 6.45) is 0. The van der Waals surface area contributed by atoms with Crippen LogP contribution in [0.15, 0.2) is 165 Å². The molecule has 12 rings (SSSR count). The molecule has 1 unspecified atom stereocenters. The van der Waals surface area contributed by atoms with Crippen molar-refractivity contribution in [1.29, 1.82) is 0 Å². The summed E-state index contributed by atoms with van der Waals surface area (Å²) < 4.78 is 19.6. The fourth-order valence-electron chi connectivity index (χ4n) is 8.52.